The maximum atomic E-state index is 13.0. The molecule has 0 radical (unpaired) electrons. The number of carbonyl (C=O) groups is 1. The van der Waals surface area contributed by atoms with E-state index in [4.69, 9.17) is 16.3 Å². The standard InChI is InChI=1S/C26H31ClFN3O2/c27-21-4-2-19(3-5-21)18-33-26(32)31-11-8-20-16-25(31)24-17-22(6-7-23(20)24)30-14-12-29(13-15-30)10-1-9-28/h2-7,17,20,25H,1,8-16,18H2/t20-,25+/m1/s1. The smallest absolute Gasteiger partial charge is 0.410 e. The Kier molecular flexibility index (Phi) is 6.74. The van der Waals surface area contributed by atoms with E-state index in [9.17, 15) is 9.18 Å². The fourth-order valence-corrected chi connectivity index (χ4v) is 5.63. The maximum Gasteiger partial charge on any atom is 0.410 e. The van der Waals surface area contributed by atoms with Gasteiger partial charge in [-0.3, -0.25) is 9.29 Å². The fraction of sp³-hybridized carbons (Fsp3) is 0.500. The van der Waals surface area contributed by atoms with Crippen molar-refractivity contribution in [2.75, 3.05) is 50.8 Å². The van der Waals surface area contributed by atoms with Gasteiger partial charge in [-0.25, -0.2) is 4.79 Å². The SMILES string of the molecule is O=C(OCc1ccc(Cl)cc1)N1CC[C@@H]2C[C@H]1c1cc(N3CCN(CCCF)CC3)ccc12. The average molecular weight is 472 g/mol. The first kappa shape index (κ1) is 22.5. The van der Waals surface area contributed by atoms with Crippen LogP contribution in [0.15, 0.2) is 42.5 Å². The van der Waals surface area contributed by atoms with E-state index in [0.717, 1.165) is 57.7 Å². The number of fused-ring (bicyclic) bond motifs is 5. The van der Waals surface area contributed by atoms with Crippen LogP contribution in [-0.2, 0) is 11.3 Å². The molecule has 2 bridgehead atoms. The van der Waals surface area contributed by atoms with Crippen LogP contribution in [0.1, 0.15) is 47.9 Å². The molecule has 2 aliphatic heterocycles. The second kappa shape index (κ2) is 9.90. The monoisotopic (exact) mass is 471 g/mol. The summed E-state index contributed by atoms with van der Waals surface area (Å²) in [4.78, 5) is 19.7. The molecule has 5 rings (SSSR count). The van der Waals surface area contributed by atoms with Gasteiger partial charge in [-0.2, -0.15) is 0 Å². The number of hydrogen-bond donors (Lipinski definition) is 0. The lowest BCUT2D eigenvalue weighted by Crippen LogP contribution is -2.46. The number of anilines is 1. The first-order valence-corrected chi connectivity index (χ1v) is 12.3. The summed E-state index contributed by atoms with van der Waals surface area (Å²) in [6.07, 6.45) is 2.33. The van der Waals surface area contributed by atoms with Gasteiger partial charge < -0.3 is 14.5 Å². The summed E-state index contributed by atoms with van der Waals surface area (Å²) in [5, 5.41) is 0.673. The highest BCUT2D eigenvalue weighted by atomic mass is 35.5. The summed E-state index contributed by atoms with van der Waals surface area (Å²) in [6, 6.07) is 14.3. The lowest BCUT2D eigenvalue weighted by atomic mass is 9.96. The third kappa shape index (κ3) is 4.82. The lowest BCUT2D eigenvalue weighted by molar-refractivity contribution is 0.0694. The van der Waals surface area contributed by atoms with Gasteiger partial charge in [0.25, 0.3) is 0 Å². The van der Waals surface area contributed by atoms with E-state index in [2.05, 4.69) is 28.0 Å². The number of hydrogen-bond acceptors (Lipinski definition) is 4. The van der Waals surface area contributed by atoms with E-state index in [1.165, 1.54) is 16.8 Å². The number of likely N-dealkylation sites (tertiary alicyclic amines) is 1. The first-order chi connectivity index (χ1) is 16.1. The zero-order valence-electron chi connectivity index (χ0n) is 18.9. The van der Waals surface area contributed by atoms with Crippen LogP contribution < -0.4 is 4.90 Å². The highest BCUT2D eigenvalue weighted by Gasteiger charge is 2.41. The van der Waals surface area contributed by atoms with Crippen LogP contribution in [0.25, 0.3) is 0 Å². The molecule has 0 N–H and O–H groups in total. The Hall–Kier alpha value is -2.31. The van der Waals surface area contributed by atoms with Crippen LogP contribution in [0.4, 0.5) is 14.9 Å². The van der Waals surface area contributed by atoms with Crippen molar-refractivity contribution in [3.8, 4) is 0 Å². The predicted octanol–water partition coefficient (Wildman–Crippen LogP) is 5.39. The Bertz CT molecular complexity index is 978. The number of amides is 1. The minimum atomic E-state index is -0.244. The van der Waals surface area contributed by atoms with Gasteiger partial charge in [0.15, 0.2) is 0 Å². The Morgan fingerprint density at radius 2 is 1.82 bits per heavy atom. The molecule has 2 atom stereocenters. The molecule has 2 saturated heterocycles. The first-order valence-electron chi connectivity index (χ1n) is 12.0. The van der Waals surface area contributed by atoms with Gasteiger partial charge in [-0.1, -0.05) is 29.8 Å². The highest BCUT2D eigenvalue weighted by Crippen LogP contribution is 2.50. The maximum absolute atomic E-state index is 13.0. The molecule has 5 nitrogen and oxygen atoms in total. The van der Waals surface area contributed by atoms with E-state index in [-0.39, 0.29) is 25.4 Å². The average Bonchev–Trinajstić information content (AvgIpc) is 3.13. The van der Waals surface area contributed by atoms with Crippen molar-refractivity contribution < 1.29 is 13.9 Å². The largest absolute Gasteiger partial charge is 0.445 e. The molecule has 7 heteroatoms. The van der Waals surface area contributed by atoms with Crippen molar-refractivity contribution >= 4 is 23.4 Å². The molecule has 2 heterocycles. The van der Waals surface area contributed by atoms with Crippen molar-refractivity contribution in [2.45, 2.75) is 37.8 Å². The number of piperazine rings is 1. The van der Waals surface area contributed by atoms with Gasteiger partial charge in [0.05, 0.1) is 12.7 Å². The minimum Gasteiger partial charge on any atom is -0.445 e. The van der Waals surface area contributed by atoms with Crippen molar-refractivity contribution in [3.63, 3.8) is 0 Å². The van der Waals surface area contributed by atoms with Gasteiger partial charge in [0.2, 0.25) is 0 Å². The van der Waals surface area contributed by atoms with Gasteiger partial charge in [-0.05, 0) is 66.1 Å². The summed E-state index contributed by atoms with van der Waals surface area (Å²) < 4.78 is 18.1. The number of ether oxygens (including phenoxy) is 1. The van der Waals surface area contributed by atoms with Crippen LogP contribution in [0, 0.1) is 0 Å². The summed E-state index contributed by atoms with van der Waals surface area (Å²) in [5.41, 5.74) is 4.82. The molecule has 0 spiro atoms. The van der Waals surface area contributed by atoms with E-state index >= 15 is 0 Å². The molecule has 1 amide bonds. The lowest BCUT2D eigenvalue weighted by Gasteiger charge is -2.36. The van der Waals surface area contributed by atoms with Crippen molar-refractivity contribution in [1.82, 2.24) is 9.80 Å². The van der Waals surface area contributed by atoms with E-state index in [1.807, 2.05) is 29.2 Å². The van der Waals surface area contributed by atoms with Gasteiger partial charge in [0.1, 0.15) is 6.61 Å². The van der Waals surface area contributed by atoms with Crippen LogP contribution in [0.5, 0.6) is 0 Å². The molecule has 0 aromatic heterocycles. The number of alkyl halides is 1. The second-order valence-corrected chi connectivity index (χ2v) is 9.73. The Morgan fingerprint density at radius 3 is 2.58 bits per heavy atom. The molecule has 176 valence electrons. The number of rotatable bonds is 6. The fourth-order valence-electron chi connectivity index (χ4n) is 5.50. The Morgan fingerprint density at radius 1 is 1.03 bits per heavy atom. The Labute approximate surface area is 200 Å². The van der Waals surface area contributed by atoms with Crippen molar-refractivity contribution in [1.29, 1.82) is 0 Å². The van der Waals surface area contributed by atoms with Crippen LogP contribution in [0.3, 0.4) is 0 Å². The van der Waals surface area contributed by atoms with E-state index < -0.39 is 0 Å². The number of piperidine rings is 1. The summed E-state index contributed by atoms with van der Waals surface area (Å²) in [5.74, 6) is 0.525. The number of nitrogens with zero attached hydrogens (tertiary/aromatic N) is 3. The van der Waals surface area contributed by atoms with Gasteiger partial charge in [-0.15, -0.1) is 0 Å². The normalized spacial score (nSPS) is 22.4. The van der Waals surface area contributed by atoms with Crippen molar-refractivity contribution in [3.05, 3.63) is 64.2 Å². The van der Waals surface area contributed by atoms with Gasteiger partial charge >= 0.3 is 6.09 Å². The number of carbonyl (C=O) groups excluding carboxylic acids is 1. The van der Waals surface area contributed by atoms with Crippen LogP contribution in [0.2, 0.25) is 5.02 Å². The van der Waals surface area contributed by atoms with E-state index in [0.29, 0.717) is 17.4 Å². The number of benzene rings is 2. The molecule has 0 saturated carbocycles. The van der Waals surface area contributed by atoms with E-state index in [1.54, 1.807) is 0 Å². The van der Waals surface area contributed by atoms with Crippen LogP contribution >= 0.6 is 11.6 Å². The second-order valence-electron chi connectivity index (χ2n) is 9.30. The zero-order valence-corrected chi connectivity index (χ0v) is 19.6. The summed E-state index contributed by atoms with van der Waals surface area (Å²) in [7, 11) is 0. The quantitative estimate of drug-likeness (QED) is 0.565. The van der Waals surface area contributed by atoms with Crippen molar-refractivity contribution in [2.24, 2.45) is 0 Å². The molecule has 2 fully saturated rings. The molecule has 2 aromatic rings. The third-order valence-corrected chi connectivity index (χ3v) is 7.58. The summed E-state index contributed by atoms with van der Waals surface area (Å²) >= 11 is 5.95. The van der Waals surface area contributed by atoms with Gasteiger partial charge in [0, 0.05) is 50.0 Å². The minimum absolute atomic E-state index is 0.0854. The highest BCUT2D eigenvalue weighted by molar-refractivity contribution is 6.30. The molecular weight excluding hydrogens is 441 g/mol. The summed E-state index contributed by atoms with van der Waals surface area (Å²) in [6.45, 7) is 5.41. The predicted molar refractivity (Wildman–Crippen MR) is 129 cm³/mol. The van der Waals surface area contributed by atoms with Crippen LogP contribution in [-0.4, -0.2) is 61.8 Å². The molecule has 2 aromatic carbocycles. The molecule has 0 unspecified atom stereocenters. The third-order valence-electron chi connectivity index (χ3n) is 7.33. The molecule has 33 heavy (non-hydrogen) atoms. The molecule has 1 aliphatic carbocycles. The molecule has 3 aliphatic rings. The molecular formula is C26H31ClFN3O2. The number of halogens is 2. The zero-order chi connectivity index (χ0) is 22.8. The Balaban J connectivity index is 1.25. The topological polar surface area (TPSA) is 36.0 Å².